The van der Waals surface area contributed by atoms with Gasteiger partial charge in [-0.05, 0) is 48.0 Å². The van der Waals surface area contributed by atoms with Gasteiger partial charge in [0, 0.05) is 16.7 Å². The molecule has 158 valence electrons. The highest BCUT2D eigenvalue weighted by Gasteiger charge is 2.16. The third-order valence-corrected chi connectivity index (χ3v) is 4.64. The molecule has 4 rings (SSSR count). The molecule has 0 aliphatic rings. The van der Waals surface area contributed by atoms with Crippen LogP contribution in [0.1, 0.15) is 15.9 Å². The molecule has 32 heavy (non-hydrogen) atoms. The van der Waals surface area contributed by atoms with Gasteiger partial charge in [-0.15, -0.1) is 5.10 Å². The number of benzene rings is 3. The summed E-state index contributed by atoms with van der Waals surface area (Å²) in [6, 6.07) is 22.8. The lowest BCUT2D eigenvalue weighted by atomic mass is 10.1. The Balaban J connectivity index is 1.44. The number of anilines is 2. The van der Waals surface area contributed by atoms with Gasteiger partial charge in [-0.25, -0.2) is 0 Å². The zero-order chi connectivity index (χ0) is 22.3. The SMILES string of the molecule is O=C(/C=C/c1ccc(Cl)cc1)Nc1ccccc1C(=O)Nc1nnc(-c2ccccc2)o1. The Morgan fingerprint density at radius 3 is 2.34 bits per heavy atom. The molecule has 4 aromatic rings. The molecule has 7 nitrogen and oxygen atoms in total. The molecule has 0 spiro atoms. The van der Waals surface area contributed by atoms with Crippen molar-refractivity contribution < 1.29 is 14.0 Å². The molecule has 0 bridgehead atoms. The van der Waals surface area contributed by atoms with E-state index in [0.29, 0.717) is 10.7 Å². The summed E-state index contributed by atoms with van der Waals surface area (Å²) in [5.74, 6) is -0.593. The number of amides is 2. The van der Waals surface area contributed by atoms with E-state index < -0.39 is 5.91 Å². The van der Waals surface area contributed by atoms with Gasteiger partial charge in [0.1, 0.15) is 0 Å². The van der Waals surface area contributed by atoms with Crippen LogP contribution in [-0.2, 0) is 4.79 Å². The first kappa shape index (κ1) is 21.0. The quantitative estimate of drug-likeness (QED) is 0.393. The average Bonchev–Trinajstić information content (AvgIpc) is 3.28. The lowest BCUT2D eigenvalue weighted by molar-refractivity contribution is -0.111. The maximum absolute atomic E-state index is 12.8. The van der Waals surface area contributed by atoms with E-state index in [0.717, 1.165) is 11.1 Å². The Labute approximate surface area is 188 Å². The number of rotatable bonds is 6. The summed E-state index contributed by atoms with van der Waals surface area (Å²) in [5.41, 5.74) is 2.15. The first-order chi connectivity index (χ1) is 15.6. The molecule has 0 radical (unpaired) electrons. The molecule has 0 unspecified atom stereocenters. The Morgan fingerprint density at radius 1 is 0.844 bits per heavy atom. The van der Waals surface area contributed by atoms with Crippen molar-refractivity contribution in [2.75, 3.05) is 10.6 Å². The first-order valence-corrected chi connectivity index (χ1v) is 10.0. The molecule has 1 heterocycles. The van der Waals surface area contributed by atoms with E-state index in [4.69, 9.17) is 16.0 Å². The van der Waals surface area contributed by atoms with E-state index >= 15 is 0 Å². The highest BCUT2D eigenvalue weighted by molar-refractivity contribution is 6.30. The van der Waals surface area contributed by atoms with Crippen molar-refractivity contribution in [3.8, 4) is 11.5 Å². The van der Waals surface area contributed by atoms with Crippen LogP contribution in [0.3, 0.4) is 0 Å². The van der Waals surface area contributed by atoms with E-state index in [1.54, 1.807) is 54.6 Å². The van der Waals surface area contributed by atoms with Gasteiger partial charge < -0.3 is 9.73 Å². The number of halogens is 1. The minimum Gasteiger partial charge on any atom is -0.403 e. The second kappa shape index (κ2) is 9.72. The summed E-state index contributed by atoms with van der Waals surface area (Å²) in [7, 11) is 0. The van der Waals surface area contributed by atoms with E-state index in [1.165, 1.54) is 6.08 Å². The number of hydrogen-bond donors (Lipinski definition) is 2. The van der Waals surface area contributed by atoms with Crippen LogP contribution >= 0.6 is 11.6 Å². The average molecular weight is 445 g/mol. The smallest absolute Gasteiger partial charge is 0.322 e. The standard InChI is InChI=1S/C24H17ClN4O3/c25-18-13-10-16(11-14-18)12-15-21(30)26-20-9-5-4-8-19(20)22(31)27-24-29-28-23(32-24)17-6-2-1-3-7-17/h1-15H,(H,26,30)(H,27,29,31)/b15-12+. The third-order valence-electron chi connectivity index (χ3n) is 4.39. The van der Waals surface area contributed by atoms with Crippen molar-refractivity contribution in [2.24, 2.45) is 0 Å². The Hall–Kier alpha value is -4.23. The Morgan fingerprint density at radius 2 is 1.56 bits per heavy atom. The molecular weight excluding hydrogens is 428 g/mol. The number of aromatic nitrogens is 2. The molecule has 2 N–H and O–H groups in total. The van der Waals surface area contributed by atoms with Crippen molar-refractivity contribution >= 4 is 41.2 Å². The van der Waals surface area contributed by atoms with Gasteiger partial charge in [-0.2, -0.15) is 0 Å². The Kier molecular flexibility index (Phi) is 6.38. The molecule has 2 amide bonds. The second-order valence-corrected chi connectivity index (χ2v) is 7.09. The van der Waals surface area contributed by atoms with Crippen LogP contribution in [0.2, 0.25) is 5.02 Å². The van der Waals surface area contributed by atoms with Crippen LogP contribution in [0.4, 0.5) is 11.7 Å². The topological polar surface area (TPSA) is 97.1 Å². The highest BCUT2D eigenvalue weighted by Crippen LogP contribution is 2.21. The first-order valence-electron chi connectivity index (χ1n) is 9.62. The van der Waals surface area contributed by atoms with Crippen LogP contribution in [0.15, 0.2) is 89.4 Å². The lowest BCUT2D eigenvalue weighted by Crippen LogP contribution is -2.17. The number of hydrogen-bond acceptors (Lipinski definition) is 5. The fraction of sp³-hybridized carbons (Fsp3) is 0. The number of para-hydroxylation sites is 1. The predicted molar refractivity (Wildman–Crippen MR) is 123 cm³/mol. The van der Waals surface area contributed by atoms with Gasteiger partial charge in [0.25, 0.3) is 5.91 Å². The van der Waals surface area contributed by atoms with Gasteiger partial charge in [-0.1, -0.05) is 59.2 Å². The molecule has 0 saturated carbocycles. The summed E-state index contributed by atoms with van der Waals surface area (Å²) in [6.07, 6.45) is 3.03. The predicted octanol–water partition coefficient (Wildman–Crippen LogP) is 5.29. The fourth-order valence-electron chi connectivity index (χ4n) is 2.85. The van der Waals surface area contributed by atoms with E-state index in [-0.39, 0.29) is 23.4 Å². The number of carbonyl (C=O) groups is 2. The van der Waals surface area contributed by atoms with Crippen LogP contribution in [-0.4, -0.2) is 22.0 Å². The van der Waals surface area contributed by atoms with Crippen molar-refractivity contribution in [3.05, 3.63) is 101 Å². The molecular formula is C24H17ClN4O3. The van der Waals surface area contributed by atoms with Gasteiger partial charge in [0.2, 0.25) is 11.8 Å². The third kappa shape index (κ3) is 5.27. The number of nitrogens with one attached hydrogen (secondary N) is 2. The van der Waals surface area contributed by atoms with E-state index in [1.807, 2.05) is 30.3 Å². The van der Waals surface area contributed by atoms with Crippen LogP contribution in [0.25, 0.3) is 17.5 Å². The molecule has 0 saturated heterocycles. The molecule has 0 fully saturated rings. The molecule has 0 aliphatic carbocycles. The minimum atomic E-state index is -0.495. The van der Waals surface area contributed by atoms with Crippen LogP contribution in [0.5, 0.6) is 0 Å². The molecule has 8 heteroatoms. The van der Waals surface area contributed by atoms with E-state index in [9.17, 15) is 9.59 Å². The van der Waals surface area contributed by atoms with Crippen molar-refractivity contribution in [3.63, 3.8) is 0 Å². The number of carbonyl (C=O) groups excluding carboxylic acids is 2. The maximum atomic E-state index is 12.8. The minimum absolute atomic E-state index is 0.0439. The highest BCUT2D eigenvalue weighted by atomic mass is 35.5. The summed E-state index contributed by atoms with van der Waals surface area (Å²) >= 11 is 5.86. The van der Waals surface area contributed by atoms with Gasteiger partial charge in [-0.3, -0.25) is 14.9 Å². The van der Waals surface area contributed by atoms with Gasteiger partial charge in [0.05, 0.1) is 11.3 Å². The van der Waals surface area contributed by atoms with E-state index in [2.05, 4.69) is 20.8 Å². The molecule has 1 aromatic heterocycles. The second-order valence-electron chi connectivity index (χ2n) is 6.65. The summed E-state index contributed by atoms with van der Waals surface area (Å²) < 4.78 is 5.52. The van der Waals surface area contributed by atoms with Crippen molar-refractivity contribution in [1.82, 2.24) is 10.2 Å². The van der Waals surface area contributed by atoms with Crippen LogP contribution < -0.4 is 10.6 Å². The van der Waals surface area contributed by atoms with Crippen molar-refractivity contribution in [1.29, 1.82) is 0 Å². The van der Waals surface area contributed by atoms with Gasteiger partial charge in [0.15, 0.2) is 0 Å². The summed E-state index contributed by atoms with van der Waals surface area (Å²) in [6.45, 7) is 0. The summed E-state index contributed by atoms with van der Waals surface area (Å²) in [4.78, 5) is 25.1. The lowest BCUT2D eigenvalue weighted by Gasteiger charge is -2.08. The zero-order valence-electron chi connectivity index (χ0n) is 16.7. The number of nitrogens with zero attached hydrogens (tertiary/aromatic N) is 2. The monoisotopic (exact) mass is 444 g/mol. The molecule has 0 aliphatic heterocycles. The van der Waals surface area contributed by atoms with Crippen LogP contribution in [0, 0.1) is 0 Å². The van der Waals surface area contributed by atoms with Crippen molar-refractivity contribution in [2.45, 2.75) is 0 Å². The molecule has 0 atom stereocenters. The zero-order valence-corrected chi connectivity index (χ0v) is 17.4. The summed E-state index contributed by atoms with van der Waals surface area (Å²) in [5, 5.41) is 13.7. The maximum Gasteiger partial charge on any atom is 0.322 e. The molecule has 3 aromatic carbocycles. The van der Waals surface area contributed by atoms with Gasteiger partial charge >= 0.3 is 6.01 Å². The largest absolute Gasteiger partial charge is 0.403 e. The normalized spacial score (nSPS) is 10.8. The fourth-order valence-corrected chi connectivity index (χ4v) is 2.97. The Bertz CT molecular complexity index is 1270.